The fourth-order valence-corrected chi connectivity index (χ4v) is 3.44. The second-order valence-electron chi connectivity index (χ2n) is 6.88. The molecule has 0 unspecified atom stereocenters. The van der Waals surface area contributed by atoms with Gasteiger partial charge in [0.1, 0.15) is 6.33 Å². The van der Waals surface area contributed by atoms with Gasteiger partial charge in [0.05, 0.1) is 5.75 Å². The lowest BCUT2D eigenvalue weighted by molar-refractivity contribution is -0.113. The topological polar surface area (TPSA) is 59.8 Å². The van der Waals surface area contributed by atoms with E-state index in [1.165, 1.54) is 17.3 Å². The number of thioether (sulfide) groups is 1. The van der Waals surface area contributed by atoms with E-state index in [9.17, 15) is 4.79 Å². The van der Waals surface area contributed by atoms with Crippen LogP contribution in [0.5, 0.6) is 0 Å². The van der Waals surface area contributed by atoms with Crippen molar-refractivity contribution in [2.45, 2.75) is 38.8 Å². The fraction of sp³-hybridized carbons (Fsp3) is 0.286. The maximum absolute atomic E-state index is 12.3. The molecule has 0 aliphatic rings. The lowest BCUT2D eigenvalue weighted by Crippen LogP contribution is -2.15. The fourth-order valence-electron chi connectivity index (χ4n) is 2.71. The van der Waals surface area contributed by atoms with Crippen molar-refractivity contribution in [3.8, 4) is 5.69 Å². The van der Waals surface area contributed by atoms with E-state index in [-0.39, 0.29) is 11.7 Å². The van der Waals surface area contributed by atoms with Gasteiger partial charge < -0.3 is 5.32 Å². The highest BCUT2D eigenvalue weighted by Gasteiger charge is 2.11. The maximum atomic E-state index is 12.3. The van der Waals surface area contributed by atoms with E-state index in [1.54, 1.807) is 6.33 Å². The number of carbonyl (C=O) groups excluding carboxylic acids is 1. The Labute approximate surface area is 164 Å². The van der Waals surface area contributed by atoms with Gasteiger partial charge in [0.25, 0.3) is 0 Å². The predicted molar refractivity (Wildman–Crippen MR) is 111 cm³/mol. The molecule has 0 fully saturated rings. The second kappa shape index (κ2) is 8.39. The molecule has 1 heterocycles. The number of anilines is 1. The van der Waals surface area contributed by atoms with Crippen molar-refractivity contribution in [2.24, 2.45) is 0 Å². The molecule has 2 aromatic carbocycles. The molecule has 0 spiro atoms. The van der Waals surface area contributed by atoms with Crippen LogP contribution >= 0.6 is 11.8 Å². The van der Waals surface area contributed by atoms with Crippen LogP contribution in [-0.4, -0.2) is 26.4 Å². The van der Waals surface area contributed by atoms with E-state index in [0.29, 0.717) is 11.1 Å². The van der Waals surface area contributed by atoms with Crippen LogP contribution in [0.1, 0.15) is 36.5 Å². The summed E-state index contributed by atoms with van der Waals surface area (Å²) in [6.07, 6.45) is 1.68. The Morgan fingerprint density at radius 1 is 1.15 bits per heavy atom. The summed E-state index contributed by atoms with van der Waals surface area (Å²) in [7, 11) is 0. The summed E-state index contributed by atoms with van der Waals surface area (Å²) >= 11 is 1.37. The van der Waals surface area contributed by atoms with Gasteiger partial charge in [0.2, 0.25) is 5.91 Å². The lowest BCUT2D eigenvalue weighted by atomic mass is 10.0. The van der Waals surface area contributed by atoms with E-state index in [0.717, 1.165) is 22.5 Å². The number of nitrogens with one attached hydrogen (secondary N) is 1. The molecule has 0 aliphatic heterocycles. The predicted octanol–water partition coefficient (Wildman–Crippen LogP) is 4.74. The highest BCUT2D eigenvalue weighted by Crippen LogP contribution is 2.22. The molecule has 0 radical (unpaired) electrons. The Bertz CT molecular complexity index is 932. The molecule has 0 saturated carbocycles. The van der Waals surface area contributed by atoms with E-state index in [1.807, 2.05) is 36.6 Å². The first-order valence-corrected chi connectivity index (χ1v) is 9.93. The van der Waals surface area contributed by atoms with Crippen LogP contribution in [0.15, 0.2) is 53.9 Å². The van der Waals surface area contributed by atoms with Crippen molar-refractivity contribution in [1.29, 1.82) is 0 Å². The Morgan fingerprint density at radius 2 is 1.89 bits per heavy atom. The third-order valence-corrected chi connectivity index (χ3v) is 5.30. The molecule has 5 nitrogen and oxygen atoms in total. The number of aryl methyl sites for hydroxylation is 2. The zero-order valence-corrected chi connectivity index (χ0v) is 16.9. The summed E-state index contributed by atoms with van der Waals surface area (Å²) in [5, 5.41) is 11.8. The van der Waals surface area contributed by atoms with Crippen LogP contribution in [0, 0.1) is 13.8 Å². The van der Waals surface area contributed by atoms with Gasteiger partial charge in [0.15, 0.2) is 5.16 Å². The standard InChI is InChI=1S/C21H24N4OS/c1-14(2)17-7-9-18(10-8-17)25-13-22-24-21(25)27-12-20(26)23-19-11-15(3)5-6-16(19)4/h5-11,13-14H,12H2,1-4H3,(H,23,26). The number of aromatic nitrogens is 3. The van der Waals surface area contributed by atoms with Gasteiger partial charge in [-0.1, -0.05) is 49.9 Å². The lowest BCUT2D eigenvalue weighted by Gasteiger charge is -2.10. The van der Waals surface area contributed by atoms with Crippen molar-refractivity contribution in [3.63, 3.8) is 0 Å². The molecular formula is C21H24N4OS. The Kier molecular flexibility index (Phi) is 5.96. The Morgan fingerprint density at radius 3 is 2.59 bits per heavy atom. The zero-order valence-electron chi connectivity index (χ0n) is 16.1. The summed E-state index contributed by atoms with van der Waals surface area (Å²) in [5.74, 6) is 0.705. The minimum atomic E-state index is -0.0570. The van der Waals surface area contributed by atoms with Crippen LogP contribution in [0.25, 0.3) is 5.69 Å². The number of nitrogens with zero attached hydrogens (tertiary/aromatic N) is 3. The summed E-state index contributed by atoms with van der Waals surface area (Å²) in [6, 6.07) is 14.4. The first kappa shape index (κ1) is 19.2. The molecule has 0 atom stereocenters. The zero-order chi connectivity index (χ0) is 19.4. The molecule has 140 valence electrons. The van der Waals surface area contributed by atoms with Crippen molar-refractivity contribution in [1.82, 2.24) is 14.8 Å². The molecule has 1 N–H and O–H groups in total. The van der Waals surface area contributed by atoms with Crippen molar-refractivity contribution >= 4 is 23.4 Å². The van der Waals surface area contributed by atoms with Crippen molar-refractivity contribution < 1.29 is 4.79 Å². The summed E-state index contributed by atoms with van der Waals surface area (Å²) in [4.78, 5) is 12.3. The van der Waals surface area contributed by atoms with Crippen LogP contribution in [0.2, 0.25) is 0 Å². The average Bonchev–Trinajstić information content (AvgIpc) is 3.12. The van der Waals surface area contributed by atoms with E-state index in [4.69, 9.17) is 0 Å². The van der Waals surface area contributed by atoms with Gasteiger partial charge in [-0.25, -0.2) is 0 Å². The maximum Gasteiger partial charge on any atom is 0.234 e. The molecule has 0 saturated heterocycles. The van der Waals surface area contributed by atoms with E-state index < -0.39 is 0 Å². The normalized spacial score (nSPS) is 11.0. The summed E-state index contributed by atoms with van der Waals surface area (Å²) in [5.41, 5.74) is 5.29. The first-order valence-electron chi connectivity index (χ1n) is 8.94. The van der Waals surface area contributed by atoms with Crippen LogP contribution < -0.4 is 5.32 Å². The molecule has 1 aromatic heterocycles. The highest BCUT2D eigenvalue weighted by molar-refractivity contribution is 7.99. The number of benzene rings is 2. The molecule has 0 aliphatic carbocycles. The third kappa shape index (κ3) is 4.77. The molecule has 3 rings (SSSR count). The van der Waals surface area contributed by atoms with Gasteiger partial charge in [-0.2, -0.15) is 0 Å². The van der Waals surface area contributed by atoms with Gasteiger partial charge in [-0.3, -0.25) is 9.36 Å². The minimum absolute atomic E-state index is 0.0570. The molecule has 1 amide bonds. The summed E-state index contributed by atoms with van der Waals surface area (Å²) < 4.78 is 1.90. The number of hydrogen-bond acceptors (Lipinski definition) is 4. The number of carbonyl (C=O) groups is 1. The largest absolute Gasteiger partial charge is 0.325 e. The molecule has 0 bridgehead atoms. The minimum Gasteiger partial charge on any atom is -0.325 e. The molecule has 6 heteroatoms. The number of hydrogen-bond donors (Lipinski definition) is 1. The number of amides is 1. The Balaban J connectivity index is 1.66. The van der Waals surface area contributed by atoms with Crippen LogP contribution in [0.3, 0.4) is 0 Å². The van der Waals surface area contributed by atoms with Gasteiger partial charge >= 0.3 is 0 Å². The molecular weight excluding hydrogens is 356 g/mol. The van der Waals surface area contributed by atoms with Crippen molar-refractivity contribution in [3.05, 3.63) is 65.5 Å². The van der Waals surface area contributed by atoms with Crippen LogP contribution in [0.4, 0.5) is 5.69 Å². The second-order valence-corrected chi connectivity index (χ2v) is 7.83. The van der Waals surface area contributed by atoms with Crippen molar-refractivity contribution in [2.75, 3.05) is 11.1 Å². The SMILES string of the molecule is Cc1ccc(C)c(NC(=O)CSc2nncn2-c2ccc(C(C)C)cc2)c1. The highest BCUT2D eigenvalue weighted by atomic mass is 32.2. The van der Waals surface area contributed by atoms with E-state index >= 15 is 0 Å². The van der Waals surface area contributed by atoms with Crippen LogP contribution in [-0.2, 0) is 4.79 Å². The van der Waals surface area contributed by atoms with Gasteiger partial charge in [0, 0.05) is 11.4 Å². The van der Waals surface area contributed by atoms with Gasteiger partial charge in [-0.05, 0) is 54.7 Å². The third-order valence-electron chi connectivity index (χ3n) is 4.35. The monoisotopic (exact) mass is 380 g/mol. The number of rotatable bonds is 6. The molecule has 3 aromatic rings. The first-order chi connectivity index (χ1) is 12.9. The average molecular weight is 381 g/mol. The van der Waals surface area contributed by atoms with E-state index in [2.05, 4.69) is 53.6 Å². The summed E-state index contributed by atoms with van der Waals surface area (Å²) in [6.45, 7) is 8.34. The molecule has 27 heavy (non-hydrogen) atoms. The smallest absolute Gasteiger partial charge is 0.234 e. The van der Waals surface area contributed by atoms with Gasteiger partial charge in [-0.15, -0.1) is 10.2 Å². The quantitative estimate of drug-likeness (QED) is 0.628. The Hall–Kier alpha value is -2.60.